The largest absolute Gasteiger partial charge is 0.313 e. The highest BCUT2D eigenvalue weighted by molar-refractivity contribution is 6.30. The molecule has 1 aromatic carbocycles. The maximum absolute atomic E-state index is 5.79. The van der Waals surface area contributed by atoms with E-state index in [9.17, 15) is 0 Å². The van der Waals surface area contributed by atoms with Gasteiger partial charge in [0.1, 0.15) is 0 Å². The zero-order chi connectivity index (χ0) is 10.4. The molecule has 0 aliphatic carbocycles. The van der Waals surface area contributed by atoms with Crippen LogP contribution in [0.2, 0.25) is 5.02 Å². The van der Waals surface area contributed by atoms with Crippen LogP contribution in [0.15, 0.2) is 24.3 Å². The summed E-state index contributed by atoms with van der Waals surface area (Å²) in [5.74, 6) is 0.771. The van der Waals surface area contributed by atoms with Gasteiger partial charge in [-0.3, -0.25) is 0 Å². The summed E-state index contributed by atoms with van der Waals surface area (Å²) >= 11 is 5.79. The summed E-state index contributed by atoms with van der Waals surface area (Å²) in [6, 6.07) is 7.98. The van der Waals surface area contributed by atoms with Crippen molar-refractivity contribution in [3.8, 4) is 0 Å². The summed E-state index contributed by atoms with van der Waals surface area (Å²) < 4.78 is 0. The van der Waals surface area contributed by atoms with Gasteiger partial charge in [0, 0.05) is 11.6 Å². The van der Waals surface area contributed by atoms with Crippen LogP contribution in [0.4, 0.5) is 0 Å². The van der Waals surface area contributed by atoms with Crippen LogP contribution in [-0.2, 0) is 6.54 Å². The standard InChI is InChI=1S/C12H18ClN.ClH/c1-10(2)7-8-14-9-11-3-5-12(13)6-4-11;/h3-6,10,14H,7-9H2,1-2H3;1H. The Bertz CT molecular complexity index is 257. The molecule has 0 saturated heterocycles. The molecule has 0 spiro atoms. The molecule has 0 saturated carbocycles. The molecule has 1 rings (SSSR count). The third-order valence-electron chi connectivity index (χ3n) is 2.14. The minimum atomic E-state index is 0. The molecule has 0 atom stereocenters. The van der Waals surface area contributed by atoms with Crippen molar-refractivity contribution in [3.05, 3.63) is 34.9 Å². The van der Waals surface area contributed by atoms with Gasteiger partial charge in [0.15, 0.2) is 0 Å². The second-order valence-electron chi connectivity index (χ2n) is 3.99. The number of rotatable bonds is 5. The first-order chi connectivity index (χ1) is 6.68. The Morgan fingerprint density at radius 1 is 1.20 bits per heavy atom. The third-order valence-corrected chi connectivity index (χ3v) is 2.39. The van der Waals surface area contributed by atoms with E-state index in [2.05, 4.69) is 31.3 Å². The predicted octanol–water partition coefficient (Wildman–Crippen LogP) is 3.90. The lowest BCUT2D eigenvalue weighted by Crippen LogP contribution is -2.16. The number of hydrogen-bond acceptors (Lipinski definition) is 1. The number of halogens is 2. The van der Waals surface area contributed by atoms with Gasteiger partial charge in [-0.2, -0.15) is 0 Å². The molecule has 0 heterocycles. The Kier molecular flexibility index (Phi) is 7.85. The number of hydrogen-bond donors (Lipinski definition) is 1. The van der Waals surface area contributed by atoms with E-state index in [-0.39, 0.29) is 12.4 Å². The van der Waals surface area contributed by atoms with E-state index in [1.54, 1.807) is 0 Å². The molecule has 1 aromatic rings. The van der Waals surface area contributed by atoms with E-state index in [4.69, 9.17) is 11.6 Å². The van der Waals surface area contributed by atoms with E-state index < -0.39 is 0 Å². The summed E-state index contributed by atoms with van der Waals surface area (Å²) in [4.78, 5) is 0. The van der Waals surface area contributed by atoms with Gasteiger partial charge < -0.3 is 5.32 Å². The monoisotopic (exact) mass is 247 g/mol. The fourth-order valence-corrected chi connectivity index (χ4v) is 1.35. The van der Waals surface area contributed by atoms with Crippen molar-refractivity contribution >= 4 is 24.0 Å². The van der Waals surface area contributed by atoms with Crippen molar-refractivity contribution in [3.63, 3.8) is 0 Å². The van der Waals surface area contributed by atoms with Crippen LogP contribution in [0.3, 0.4) is 0 Å². The molecule has 1 N–H and O–H groups in total. The van der Waals surface area contributed by atoms with Gasteiger partial charge >= 0.3 is 0 Å². The van der Waals surface area contributed by atoms with E-state index in [1.807, 2.05) is 12.1 Å². The molecule has 3 heteroatoms. The van der Waals surface area contributed by atoms with Crippen LogP contribution in [-0.4, -0.2) is 6.54 Å². The van der Waals surface area contributed by atoms with Gasteiger partial charge in [-0.15, -0.1) is 12.4 Å². The second kappa shape index (κ2) is 7.98. The highest BCUT2D eigenvalue weighted by Gasteiger charge is 1.94. The first-order valence-electron chi connectivity index (χ1n) is 5.13. The van der Waals surface area contributed by atoms with Gasteiger partial charge in [0.25, 0.3) is 0 Å². The van der Waals surface area contributed by atoms with Crippen LogP contribution >= 0.6 is 24.0 Å². The lowest BCUT2D eigenvalue weighted by Gasteiger charge is -2.06. The first kappa shape index (κ1) is 14.8. The van der Waals surface area contributed by atoms with Crippen molar-refractivity contribution < 1.29 is 0 Å². The summed E-state index contributed by atoms with van der Waals surface area (Å²) in [6.45, 7) is 6.50. The van der Waals surface area contributed by atoms with E-state index >= 15 is 0 Å². The maximum atomic E-state index is 5.79. The molecule has 0 unspecified atom stereocenters. The van der Waals surface area contributed by atoms with Crippen LogP contribution in [0.25, 0.3) is 0 Å². The zero-order valence-electron chi connectivity index (χ0n) is 9.29. The Labute approximate surface area is 104 Å². The SMILES string of the molecule is CC(C)CCNCc1ccc(Cl)cc1.Cl. The van der Waals surface area contributed by atoms with Gasteiger partial charge in [0.05, 0.1) is 0 Å². The van der Waals surface area contributed by atoms with Crippen molar-refractivity contribution in [2.24, 2.45) is 5.92 Å². The average molecular weight is 248 g/mol. The van der Waals surface area contributed by atoms with Gasteiger partial charge in [-0.1, -0.05) is 37.6 Å². The fraction of sp³-hybridized carbons (Fsp3) is 0.500. The minimum absolute atomic E-state index is 0. The normalized spacial score (nSPS) is 10.1. The minimum Gasteiger partial charge on any atom is -0.313 e. The molecule has 1 nitrogen and oxygen atoms in total. The molecule has 0 aliphatic rings. The van der Waals surface area contributed by atoms with Crippen LogP contribution < -0.4 is 5.32 Å². The molecular formula is C12H19Cl2N. The summed E-state index contributed by atoms with van der Waals surface area (Å²) in [7, 11) is 0. The summed E-state index contributed by atoms with van der Waals surface area (Å²) in [5, 5.41) is 4.21. The predicted molar refractivity (Wildman–Crippen MR) is 69.9 cm³/mol. The van der Waals surface area contributed by atoms with Crippen LogP contribution in [0.1, 0.15) is 25.8 Å². The molecule has 0 fully saturated rings. The topological polar surface area (TPSA) is 12.0 Å². The van der Waals surface area contributed by atoms with Gasteiger partial charge in [-0.05, 0) is 36.6 Å². The highest BCUT2D eigenvalue weighted by Crippen LogP contribution is 2.09. The summed E-state index contributed by atoms with van der Waals surface area (Å²) in [6.07, 6.45) is 1.23. The molecule has 0 bridgehead atoms. The quantitative estimate of drug-likeness (QED) is 0.779. The van der Waals surface area contributed by atoms with Crippen molar-refractivity contribution in [2.45, 2.75) is 26.8 Å². The van der Waals surface area contributed by atoms with E-state index in [0.717, 1.165) is 24.0 Å². The highest BCUT2D eigenvalue weighted by atomic mass is 35.5. The van der Waals surface area contributed by atoms with Crippen LogP contribution in [0, 0.1) is 5.92 Å². The molecule has 0 aliphatic heterocycles. The molecule has 15 heavy (non-hydrogen) atoms. The molecule has 0 radical (unpaired) electrons. The average Bonchev–Trinajstić information content (AvgIpc) is 2.15. The lowest BCUT2D eigenvalue weighted by molar-refractivity contribution is 0.537. The lowest BCUT2D eigenvalue weighted by atomic mass is 10.1. The zero-order valence-corrected chi connectivity index (χ0v) is 10.9. The second-order valence-corrected chi connectivity index (χ2v) is 4.42. The smallest absolute Gasteiger partial charge is 0.0406 e. The van der Waals surface area contributed by atoms with Gasteiger partial charge in [-0.25, -0.2) is 0 Å². The molecular weight excluding hydrogens is 229 g/mol. The number of benzene rings is 1. The van der Waals surface area contributed by atoms with Crippen molar-refractivity contribution in [1.82, 2.24) is 5.32 Å². The summed E-state index contributed by atoms with van der Waals surface area (Å²) in [5.41, 5.74) is 1.29. The maximum Gasteiger partial charge on any atom is 0.0406 e. The Morgan fingerprint density at radius 3 is 2.33 bits per heavy atom. The van der Waals surface area contributed by atoms with Gasteiger partial charge in [0.2, 0.25) is 0 Å². The first-order valence-corrected chi connectivity index (χ1v) is 5.51. The Morgan fingerprint density at radius 2 is 1.80 bits per heavy atom. The van der Waals surface area contributed by atoms with Crippen LogP contribution in [0.5, 0.6) is 0 Å². The Hall–Kier alpha value is -0.240. The van der Waals surface area contributed by atoms with Crippen molar-refractivity contribution in [2.75, 3.05) is 6.54 Å². The molecule has 0 amide bonds. The fourth-order valence-electron chi connectivity index (χ4n) is 1.23. The number of nitrogens with one attached hydrogen (secondary N) is 1. The third kappa shape index (κ3) is 6.77. The molecule has 0 aromatic heterocycles. The van der Waals surface area contributed by atoms with E-state index in [0.29, 0.717) is 0 Å². The van der Waals surface area contributed by atoms with Crippen molar-refractivity contribution in [1.29, 1.82) is 0 Å². The van der Waals surface area contributed by atoms with E-state index in [1.165, 1.54) is 12.0 Å². The Balaban J connectivity index is 0.00000196. The molecule has 86 valence electrons.